The average molecular weight is 213 g/mol. The van der Waals surface area contributed by atoms with Gasteiger partial charge >= 0.3 is 0 Å². The van der Waals surface area contributed by atoms with Crippen molar-refractivity contribution >= 4 is 5.69 Å². The molecule has 0 fully saturated rings. The van der Waals surface area contributed by atoms with Crippen LogP contribution in [0.25, 0.3) is 0 Å². The molecule has 0 aromatic heterocycles. The fourth-order valence-electron chi connectivity index (χ4n) is 1.11. The Morgan fingerprint density at radius 1 is 1.20 bits per heavy atom. The highest BCUT2D eigenvalue weighted by atomic mass is 19.1. The summed E-state index contributed by atoms with van der Waals surface area (Å²) in [6.45, 7) is 2.28. The largest absolute Gasteiger partial charge is 0.382 e. The van der Waals surface area contributed by atoms with Crippen molar-refractivity contribution in [2.24, 2.45) is 0 Å². The second kappa shape index (κ2) is 7.20. The molecule has 3 nitrogen and oxygen atoms in total. The smallest absolute Gasteiger partial charge is 0.146 e. The van der Waals surface area contributed by atoms with Gasteiger partial charge in [0.15, 0.2) is 0 Å². The van der Waals surface area contributed by atoms with Gasteiger partial charge in [0.1, 0.15) is 5.82 Å². The Balaban J connectivity index is 2.12. The van der Waals surface area contributed by atoms with Crippen LogP contribution in [0.2, 0.25) is 0 Å². The van der Waals surface area contributed by atoms with E-state index in [4.69, 9.17) is 9.47 Å². The third-order valence-electron chi connectivity index (χ3n) is 1.87. The summed E-state index contributed by atoms with van der Waals surface area (Å²) in [6.07, 6.45) is 0. The molecule has 1 aromatic rings. The number of benzene rings is 1. The Hall–Kier alpha value is -1.13. The third kappa shape index (κ3) is 4.76. The fraction of sp³-hybridized carbons (Fsp3) is 0.455. The van der Waals surface area contributed by atoms with Crippen LogP contribution in [-0.2, 0) is 9.47 Å². The standard InChI is InChI=1S/C11H16FNO2/c1-14-8-9-15-7-6-13-11-5-3-2-4-10(11)12/h2-5,13H,6-9H2,1H3. The third-order valence-corrected chi connectivity index (χ3v) is 1.87. The Bertz CT molecular complexity index is 281. The number of rotatable bonds is 7. The quantitative estimate of drug-likeness (QED) is 0.702. The van der Waals surface area contributed by atoms with Gasteiger partial charge in [-0.15, -0.1) is 0 Å². The lowest BCUT2D eigenvalue weighted by atomic mass is 10.3. The van der Waals surface area contributed by atoms with Gasteiger partial charge in [-0.2, -0.15) is 0 Å². The minimum absolute atomic E-state index is 0.241. The Kier molecular flexibility index (Phi) is 5.73. The van der Waals surface area contributed by atoms with E-state index in [1.165, 1.54) is 6.07 Å². The van der Waals surface area contributed by atoms with E-state index in [1.807, 2.05) is 0 Å². The summed E-state index contributed by atoms with van der Waals surface area (Å²) < 4.78 is 23.1. The van der Waals surface area contributed by atoms with Crippen LogP contribution in [0.15, 0.2) is 24.3 Å². The predicted octanol–water partition coefficient (Wildman–Crippen LogP) is 1.90. The van der Waals surface area contributed by atoms with Gasteiger partial charge < -0.3 is 14.8 Å². The molecule has 0 amide bonds. The summed E-state index contributed by atoms with van der Waals surface area (Å²) in [5, 5.41) is 2.95. The monoisotopic (exact) mass is 213 g/mol. The molecule has 1 aromatic carbocycles. The summed E-state index contributed by atoms with van der Waals surface area (Å²) >= 11 is 0. The number of anilines is 1. The SMILES string of the molecule is COCCOCCNc1ccccc1F. The number of methoxy groups -OCH3 is 1. The van der Waals surface area contributed by atoms with E-state index < -0.39 is 0 Å². The molecule has 0 unspecified atom stereocenters. The van der Waals surface area contributed by atoms with Crippen molar-refractivity contribution in [1.82, 2.24) is 0 Å². The van der Waals surface area contributed by atoms with Crippen molar-refractivity contribution in [3.05, 3.63) is 30.1 Å². The molecular weight excluding hydrogens is 197 g/mol. The summed E-state index contributed by atoms with van der Waals surface area (Å²) in [5.41, 5.74) is 0.507. The van der Waals surface area contributed by atoms with E-state index in [0.717, 1.165) is 0 Å². The van der Waals surface area contributed by atoms with Crippen molar-refractivity contribution in [3.63, 3.8) is 0 Å². The maximum absolute atomic E-state index is 13.1. The molecule has 0 aliphatic heterocycles. The van der Waals surface area contributed by atoms with Crippen LogP contribution in [0.4, 0.5) is 10.1 Å². The van der Waals surface area contributed by atoms with E-state index in [2.05, 4.69) is 5.32 Å². The van der Waals surface area contributed by atoms with Crippen LogP contribution in [0.1, 0.15) is 0 Å². The molecule has 0 aliphatic carbocycles. The number of hydrogen-bond donors (Lipinski definition) is 1. The van der Waals surface area contributed by atoms with Crippen LogP contribution >= 0.6 is 0 Å². The predicted molar refractivity (Wildman–Crippen MR) is 57.6 cm³/mol. The number of para-hydroxylation sites is 1. The van der Waals surface area contributed by atoms with Gasteiger partial charge in [0.05, 0.1) is 25.5 Å². The first-order valence-electron chi connectivity index (χ1n) is 4.89. The molecular formula is C11H16FNO2. The number of halogens is 1. The normalized spacial score (nSPS) is 10.3. The van der Waals surface area contributed by atoms with E-state index >= 15 is 0 Å². The van der Waals surface area contributed by atoms with Crippen LogP contribution in [0.3, 0.4) is 0 Å². The molecule has 0 bridgehead atoms. The Morgan fingerprint density at radius 3 is 2.73 bits per heavy atom. The van der Waals surface area contributed by atoms with Crippen molar-refractivity contribution in [2.75, 3.05) is 38.8 Å². The van der Waals surface area contributed by atoms with E-state index in [0.29, 0.717) is 32.1 Å². The molecule has 0 saturated carbocycles. The molecule has 0 spiro atoms. The zero-order chi connectivity index (χ0) is 10.9. The van der Waals surface area contributed by atoms with Gasteiger partial charge in [0.25, 0.3) is 0 Å². The lowest BCUT2D eigenvalue weighted by Gasteiger charge is -2.07. The zero-order valence-electron chi connectivity index (χ0n) is 8.83. The second-order valence-corrected chi connectivity index (χ2v) is 3.01. The van der Waals surface area contributed by atoms with E-state index in [9.17, 15) is 4.39 Å². The maximum Gasteiger partial charge on any atom is 0.146 e. The minimum atomic E-state index is -0.241. The molecule has 4 heteroatoms. The molecule has 84 valence electrons. The topological polar surface area (TPSA) is 30.5 Å². The molecule has 1 rings (SSSR count). The summed E-state index contributed by atoms with van der Waals surface area (Å²) in [5.74, 6) is -0.241. The lowest BCUT2D eigenvalue weighted by molar-refractivity contribution is 0.0759. The number of ether oxygens (including phenoxy) is 2. The van der Waals surface area contributed by atoms with Gasteiger partial charge in [-0.05, 0) is 12.1 Å². The molecule has 0 saturated heterocycles. The minimum Gasteiger partial charge on any atom is -0.382 e. The van der Waals surface area contributed by atoms with E-state index in [-0.39, 0.29) is 5.82 Å². The molecule has 0 atom stereocenters. The second-order valence-electron chi connectivity index (χ2n) is 3.01. The van der Waals surface area contributed by atoms with E-state index in [1.54, 1.807) is 25.3 Å². The van der Waals surface area contributed by atoms with Crippen molar-refractivity contribution in [2.45, 2.75) is 0 Å². The molecule has 0 heterocycles. The highest BCUT2D eigenvalue weighted by Gasteiger charge is 1.97. The number of nitrogens with one attached hydrogen (secondary N) is 1. The van der Waals surface area contributed by atoms with Crippen LogP contribution in [0, 0.1) is 5.82 Å². The fourth-order valence-corrected chi connectivity index (χ4v) is 1.11. The van der Waals surface area contributed by atoms with Gasteiger partial charge in [-0.3, -0.25) is 0 Å². The Morgan fingerprint density at radius 2 is 2.00 bits per heavy atom. The van der Waals surface area contributed by atoms with Gasteiger partial charge in [-0.25, -0.2) is 4.39 Å². The molecule has 0 radical (unpaired) electrons. The molecule has 0 aliphatic rings. The van der Waals surface area contributed by atoms with Crippen LogP contribution < -0.4 is 5.32 Å². The van der Waals surface area contributed by atoms with Gasteiger partial charge in [0, 0.05) is 13.7 Å². The first kappa shape index (κ1) is 11.9. The lowest BCUT2D eigenvalue weighted by Crippen LogP contribution is -2.12. The van der Waals surface area contributed by atoms with Crippen LogP contribution in [-0.4, -0.2) is 33.5 Å². The molecule has 1 N–H and O–H groups in total. The first-order chi connectivity index (χ1) is 7.34. The van der Waals surface area contributed by atoms with Gasteiger partial charge in [0.2, 0.25) is 0 Å². The highest BCUT2D eigenvalue weighted by molar-refractivity contribution is 5.44. The maximum atomic E-state index is 13.1. The van der Waals surface area contributed by atoms with Crippen LogP contribution in [0.5, 0.6) is 0 Å². The average Bonchev–Trinajstić information content (AvgIpc) is 2.25. The number of hydrogen-bond acceptors (Lipinski definition) is 3. The Labute approximate surface area is 89.2 Å². The summed E-state index contributed by atoms with van der Waals surface area (Å²) in [6, 6.07) is 6.57. The van der Waals surface area contributed by atoms with Gasteiger partial charge in [-0.1, -0.05) is 12.1 Å². The molecule has 15 heavy (non-hydrogen) atoms. The zero-order valence-corrected chi connectivity index (χ0v) is 8.83. The summed E-state index contributed by atoms with van der Waals surface area (Å²) in [7, 11) is 1.63. The highest BCUT2D eigenvalue weighted by Crippen LogP contribution is 2.11. The van der Waals surface area contributed by atoms with Crippen molar-refractivity contribution in [1.29, 1.82) is 0 Å². The van der Waals surface area contributed by atoms with Crippen molar-refractivity contribution < 1.29 is 13.9 Å². The summed E-state index contributed by atoms with van der Waals surface area (Å²) in [4.78, 5) is 0. The first-order valence-corrected chi connectivity index (χ1v) is 4.89. The van der Waals surface area contributed by atoms with Crippen molar-refractivity contribution in [3.8, 4) is 0 Å².